The molecule has 0 aromatic rings. The third-order valence-corrected chi connectivity index (χ3v) is 2.96. The van der Waals surface area contributed by atoms with Crippen LogP contribution in [-0.4, -0.2) is 33.3 Å². The van der Waals surface area contributed by atoms with Gasteiger partial charge in [-0.25, -0.2) is 0 Å². The Balaban J connectivity index is 3.58. The highest BCUT2D eigenvalue weighted by Crippen LogP contribution is 2.37. The summed E-state index contributed by atoms with van der Waals surface area (Å²) in [6.45, 7) is 1.79. The van der Waals surface area contributed by atoms with Gasteiger partial charge in [-0.3, -0.25) is 0 Å². The van der Waals surface area contributed by atoms with Gasteiger partial charge >= 0.3 is 0 Å². The first-order valence-corrected chi connectivity index (χ1v) is 5.49. The normalized spacial score (nSPS) is 11.9. The van der Waals surface area contributed by atoms with Gasteiger partial charge in [0.2, 0.25) is 0 Å². The molecular formula is C5H15N2OP. The lowest BCUT2D eigenvalue weighted by atomic mass is 11.2. The predicted molar refractivity (Wildman–Crippen MR) is 41.4 cm³/mol. The Kier molecular flexibility index (Phi) is 4.11. The van der Waals surface area contributed by atoms with Gasteiger partial charge in [0.25, 0.3) is 0 Å². The van der Waals surface area contributed by atoms with Crippen molar-refractivity contribution in [3.63, 3.8) is 0 Å². The lowest BCUT2D eigenvalue weighted by Gasteiger charge is -2.10. The maximum absolute atomic E-state index is 11.3. The Labute approximate surface area is 56.6 Å². The van der Waals surface area contributed by atoms with E-state index in [0.29, 0.717) is 12.6 Å². The molecule has 0 saturated carbocycles. The van der Waals surface area contributed by atoms with Gasteiger partial charge in [-0.15, -0.1) is 0 Å². The fourth-order valence-electron chi connectivity index (χ4n) is 0.725. The van der Waals surface area contributed by atoms with Crippen molar-refractivity contribution in [2.24, 2.45) is 0 Å². The third-order valence-electron chi connectivity index (χ3n) is 0.985. The second-order valence-electron chi connectivity index (χ2n) is 2.32. The van der Waals surface area contributed by atoms with Crippen molar-refractivity contribution in [2.75, 3.05) is 33.3 Å². The van der Waals surface area contributed by atoms with Crippen LogP contribution in [0.5, 0.6) is 0 Å². The van der Waals surface area contributed by atoms with Gasteiger partial charge in [-0.1, -0.05) is 0 Å². The highest BCUT2D eigenvalue weighted by Gasteiger charge is 2.10. The van der Waals surface area contributed by atoms with Crippen LogP contribution in [0.15, 0.2) is 0 Å². The van der Waals surface area contributed by atoms with Gasteiger partial charge in [0.15, 0.2) is 0 Å². The summed E-state index contributed by atoms with van der Waals surface area (Å²) in [6, 6.07) is 0. The molecule has 0 radical (unpaired) electrons. The molecule has 0 atom stereocenters. The van der Waals surface area contributed by atoms with Gasteiger partial charge in [0.1, 0.15) is 7.14 Å². The van der Waals surface area contributed by atoms with E-state index in [4.69, 9.17) is 0 Å². The van der Waals surface area contributed by atoms with Gasteiger partial charge in [0.05, 0.1) is 0 Å². The van der Waals surface area contributed by atoms with Crippen molar-refractivity contribution < 1.29 is 4.57 Å². The minimum Gasteiger partial charge on any atom is -0.321 e. The van der Waals surface area contributed by atoms with Crippen LogP contribution in [-0.2, 0) is 4.57 Å². The summed E-state index contributed by atoms with van der Waals surface area (Å²) in [7, 11) is 1.71. The molecule has 0 spiro atoms. The quantitative estimate of drug-likeness (QED) is 0.567. The molecule has 0 aromatic carbocycles. The lowest BCUT2D eigenvalue weighted by molar-refractivity contribution is 0.572. The smallest absolute Gasteiger partial charge is 0.111 e. The van der Waals surface area contributed by atoms with Gasteiger partial charge in [0, 0.05) is 12.6 Å². The van der Waals surface area contributed by atoms with Crippen molar-refractivity contribution in [1.82, 2.24) is 10.6 Å². The SMILES string of the molecule is CNCP(C)(=O)CNC. The Hall–Kier alpha value is 0.150. The summed E-state index contributed by atoms with van der Waals surface area (Å²) >= 11 is 0. The maximum Gasteiger partial charge on any atom is 0.111 e. The van der Waals surface area contributed by atoms with Crippen LogP contribution in [0.2, 0.25) is 0 Å². The third kappa shape index (κ3) is 4.64. The summed E-state index contributed by atoms with van der Waals surface area (Å²) < 4.78 is 11.3. The molecule has 0 aliphatic rings. The molecule has 0 saturated heterocycles. The molecule has 3 nitrogen and oxygen atoms in total. The van der Waals surface area contributed by atoms with Crippen LogP contribution in [0.25, 0.3) is 0 Å². The Morgan fingerprint density at radius 3 is 1.78 bits per heavy atom. The van der Waals surface area contributed by atoms with E-state index in [1.54, 1.807) is 6.66 Å². The van der Waals surface area contributed by atoms with E-state index in [1.807, 2.05) is 14.1 Å². The first kappa shape index (κ1) is 9.15. The van der Waals surface area contributed by atoms with E-state index in [1.165, 1.54) is 0 Å². The predicted octanol–water partition coefficient (Wildman–Crippen LogP) is 0.333. The molecule has 0 fully saturated rings. The van der Waals surface area contributed by atoms with Crippen LogP contribution in [0.4, 0.5) is 0 Å². The van der Waals surface area contributed by atoms with Crippen LogP contribution < -0.4 is 10.6 Å². The van der Waals surface area contributed by atoms with E-state index in [9.17, 15) is 4.57 Å². The first-order valence-electron chi connectivity index (χ1n) is 2.97. The summed E-state index contributed by atoms with van der Waals surface area (Å²) in [4.78, 5) is 0. The molecule has 0 unspecified atom stereocenters. The minimum atomic E-state index is -1.91. The number of nitrogens with one attached hydrogen (secondary N) is 2. The first-order chi connectivity index (χ1) is 4.12. The molecule has 0 heterocycles. The molecule has 0 rings (SSSR count). The molecule has 2 N–H and O–H groups in total. The van der Waals surface area contributed by atoms with Crippen LogP contribution in [0, 0.1) is 0 Å². The van der Waals surface area contributed by atoms with Crippen LogP contribution in [0.3, 0.4) is 0 Å². The molecule has 0 bridgehead atoms. The van der Waals surface area contributed by atoms with Crippen molar-refractivity contribution in [2.45, 2.75) is 0 Å². The Bertz CT molecular complexity index is 106. The van der Waals surface area contributed by atoms with Crippen molar-refractivity contribution in [1.29, 1.82) is 0 Å². The zero-order valence-electron chi connectivity index (χ0n) is 6.27. The highest BCUT2D eigenvalue weighted by molar-refractivity contribution is 7.63. The topological polar surface area (TPSA) is 41.1 Å². The van der Waals surface area contributed by atoms with Crippen molar-refractivity contribution in [3.05, 3.63) is 0 Å². The standard InChI is InChI=1S/C5H15N2OP/c1-6-4-9(3,8)5-7-2/h6-7H,4-5H2,1-3H3. The van der Waals surface area contributed by atoms with Gasteiger partial charge in [-0.05, 0) is 20.8 Å². The molecule has 0 aliphatic heterocycles. The number of hydrogen-bond acceptors (Lipinski definition) is 3. The average Bonchev–Trinajstić information content (AvgIpc) is 1.64. The number of rotatable bonds is 4. The number of hydrogen-bond donors (Lipinski definition) is 2. The molecule has 4 heteroatoms. The van der Waals surface area contributed by atoms with E-state index in [-0.39, 0.29) is 0 Å². The summed E-state index contributed by atoms with van der Waals surface area (Å²) in [5.41, 5.74) is 0. The highest BCUT2D eigenvalue weighted by atomic mass is 31.2. The van der Waals surface area contributed by atoms with E-state index >= 15 is 0 Å². The summed E-state index contributed by atoms with van der Waals surface area (Å²) in [5, 5.41) is 5.78. The Morgan fingerprint density at radius 1 is 1.22 bits per heavy atom. The molecule has 0 amide bonds. The molecule has 0 aromatic heterocycles. The Morgan fingerprint density at radius 2 is 1.56 bits per heavy atom. The van der Waals surface area contributed by atoms with E-state index < -0.39 is 7.14 Å². The van der Waals surface area contributed by atoms with E-state index in [0.717, 1.165) is 0 Å². The fraction of sp³-hybridized carbons (Fsp3) is 1.00. The lowest BCUT2D eigenvalue weighted by Crippen LogP contribution is -2.16. The van der Waals surface area contributed by atoms with Gasteiger partial charge < -0.3 is 15.2 Å². The van der Waals surface area contributed by atoms with Gasteiger partial charge in [-0.2, -0.15) is 0 Å². The van der Waals surface area contributed by atoms with Crippen LogP contribution in [0.1, 0.15) is 0 Å². The van der Waals surface area contributed by atoms with E-state index in [2.05, 4.69) is 10.6 Å². The molecule has 56 valence electrons. The average molecular weight is 150 g/mol. The monoisotopic (exact) mass is 150 g/mol. The van der Waals surface area contributed by atoms with Crippen molar-refractivity contribution >= 4 is 7.14 Å². The summed E-state index contributed by atoms with van der Waals surface area (Å²) in [6.07, 6.45) is 1.24. The zero-order valence-corrected chi connectivity index (χ0v) is 7.16. The van der Waals surface area contributed by atoms with Crippen LogP contribution >= 0.6 is 7.14 Å². The minimum absolute atomic E-state index is 0.619. The molecule has 9 heavy (non-hydrogen) atoms. The fourth-order valence-corrected chi connectivity index (χ4v) is 2.17. The molecular weight excluding hydrogens is 135 g/mol. The second-order valence-corrected chi connectivity index (χ2v) is 5.55. The zero-order chi connectivity index (χ0) is 7.33. The molecule has 0 aliphatic carbocycles. The second kappa shape index (κ2) is 4.04. The largest absolute Gasteiger partial charge is 0.321 e. The van der Waals surface area contributed by atoms with Crippen molar-refractivity contribution in [3.8, 4) is 0 Å². The summed E-state index contributed by atoms with van der Waals surface area (Å²) in [5.74, 6) is 0. The maximum atomic E-state index is 11.3.